The molecule has 0 saturated heterocycles. The lowest BCUT2D eigenvalue weighted by Gasteiger charge is -2.21. The van der Waals surface area contributed by atoms with Gasteiger partial charge in [0.15, 0.2) is 11.5 Å². The van der Waals surface area contributed by atoms with Gasteiger partial charge in [-0.2, -0.15) is 0 Å². The summed E-state index contributed by atoms with van der Waals surface area (Å²) in [5, 5.41) is 4.13. The van der Waals surface area contributed by atoms with Crippen molar-refractivity contribution in [1.29, 1.82) is 0 Å². The van der Waals surface area contributed by atoms with Gasteiger partial charge in [-0.3, -0.25) is 5.84 Å². The molecular weight excluding hydrogens is 276 g/mol. The van der Waals surface area contributed by atoms with Crippen LogP contribution in [-0.2, 0) is 6.42 Å². The molecule has 1 aromatic carbocycles. The molecule has 3 rings (SSSR count). The van der Waals surface area contributed by atoms with Crippen molar-refractivity contribution in [1.82, 2.24) is 15.0 Å². The van der Waals surface area contributed by atoms with E-state index in [0.717, 1.165) is 34.1 Å². The zero-order chi connectivity index (χ0) is 13.9. The van der Waals surface area contributed by atoms with Gasteiger partial charge in [0.1, 0.15) is 13.2 Å². The Morgan fingerprint density at radius 2 is 2.15 bits per heavy atom. The molecule has 1 unspecified atom stereocenters. The lowest BCUT2D eigenvalue weighted by atomic mass is 10.0. The minimum atomic E-state index is -0.138. The van der Waals surface area contributed by atoms with Crippen molar-refractivity contribution < 1.29 is 9.47 Å². The van der Waals surface area contributed by atoms with Crippen molar-refractivity contribution in [2.24, 2.45) is 5.84 Å². The van der Waals surface area contributed by atoms with Crippen LogP contribution in [0.4, 0.5) is 0 Å². The Bertz CT molecular complexity index is 602. The van der Waals surface area contributed by atoms with E-state index in [2.05, 4.69) is 21.9 Å². The van der Waals surface area contributed by atoms with Crippen LogP contribution in [0.1, 0.15) is 29.1 Å². The van der Waals surface area contributed by atoms with Gasteiger partial charge in [0.25, 0.3) is 0 Å². The average molecular weight is 292 g/mol. The smallest absolute Gasteiger partial charge is 0.161 e. The van der Waals surface area contributed by atoms with Crippen LogP contribution in [0, 0.1) is 0 Å². The first-order valence-corrected chi connectivity index (χ1v) is 7.27. The lowest BCUT2D eigenvalue weighted by molar-refractivity contribution is 0.171. The topological polar surface area (TPSA) is 82.3 Å². The van der Waals surface area contributed by atoms with Crippen molar-refractivity contribution >= 4 is 11.5 Å². The Hall–Kier alpha value is -1.70. The zero-order valence-electron chi connectivity index (χ0n) is 11.1. The molecule has 2 heterocycles. The molecule has 6 nitrogen and oxygen atoms in total. The standard InChI is InChI=1S/C13H16N4O2S/c1-2-9-13(20-17-16-9)12(15-14)8-3-4-10-11(7-8)19-6-5-18-10/h3-4,7,12,15H,2,5-6,14H2,1H3. The average Bonchev–Trinajstić information content (AvgIpc) is 2.96. The van der Waals surface area contributed by atoms with Crippen LogP contribution in [0.2, 0.25) is 0 Å². The molecule has 0 radical (unpaired) electrons. The van der Waals surface area contributed by atoms with Gasteiger partial charge >= 0.3 is 0 Å². The van der Waals surface area contributed by atoms with Crippen LogP contribution in [-0.4, -0.2) is 22.8 Å². The number of hydrogen-bond acceptors (Lipinski definition) is 7. The molecule has 0 amide bonds. The number of nitrogens with zero attached hydrogens (tertiary/aromatic N) is 2. The molecule has 2 aromatic rings. The SMILES string of the molecule is CCc1nnsc1C(NN)c1ccc2c(c1)OCCO2. The Morgan fingerprint density at radius 3 is 2.90 bits per heavy atom. The highest BCUT2D eigenvalue weighted by Crippen LogP contribution is 2.35. The van der Waals surface area contributed by atoms with Gasteiger partial charge in [0.2, 0.25) is 0 Å². The fourth-order valence-electron chi connectivity index (χ4n) is 2.24. The number of ether oxygens (including phenoxy) is 2. The molecular formula is C13H16N4O2S. The van der Waals surface area contributed by atoms with Gasteiger partial charge in [-0.1, -0.05) is 17.5 Å². The Labute approximate surface area is 121 Å². The van der Waals surface area contributed by atoms with Crippen LogP contribution < -0.4 is 20.7 Å². The molecule has 0 saturated carbocycles. The third-order valence-corrected chi connectivity index (χ3v) is 4.08. The molecule has 1 aliphatic heterocycles. The maximum Gasteiger partial charge on any atom is 0.161 e. The second kappa shape index (κ2) is 5.74. The van der Waals surface area contributed by atoms with E-state index in [-0.39, 0.29) is 6.04 Å². The first-order chi connectivity index (χ1) is 9.83. The van der Waals surface area contributed by atoms with Crippen molar-refractivity contribution in [3.63, 3.8) is 0 Å². The van der Waals surface area contributed by atoms with E-state index in [9.17, 15) is 0 Å². The number of fused-ring (bicyclic) bond motifs is 1. The largest absolute Gasteiger partial charge is 0.486 e. The third kappa shape index (κ3) is 2.35. The normalized spacial score (nSPS) is 15.1. The van der Waals surface area contributed by atoms with Gasteiger partial charge < -0.3 is 9.47 Å². The molecule has 0 fully saturated rings. The van der Waals surface area contributed by atoms with Crippen molar-refractivity contribution in [2.75, 3.05) is 13.2 Å². The Morgan fingerprint density at radius 1 is 1.35 bits per heavy atom. The number of nitrogens with one attached hydrogen (secondary N) is 1. The highest BCUT2D eigenvalue weighted by Gasteiger charge is 2.21. The van der Waals surface area contributed by atoms with Crippen LogP contribution >= 0.6 is 11.5 Å². The summed E-state index contributed by atoms with van der Waals surface area (Å²) >= 11 is 1.36. The molecule has 0 bridgehead atoms. The maximum atomic E-state index is 5.72. The summed E-state index contributed by atoms with van der Waals surface area (Å²) in [6.07, 6.45) is 0.828. The molecule has 20 heavy (non-hydrogen) atoms. The second-order valence-corrected chi connectivity index (χ2v) is 5.23. The second-order valence-electron chi connectivity index (χ2n) is 4.44. The molecule has 3 N–H and O–H groups in total. The van der Waals surface area contributed by atoms with Gasteiger partial charge in [0, 0.05) is 0 Å². The molecule has 106 valence electrons. The molecule has 1 atom stereocenters. The van der Waals surface area contributed by atoms with E-state index in [1.807, 2.05) is 18.2 Å². The number of hydrazine groups is 1. The number of nitrogens with two attached hydrogens (primary N) is 1. The van der Waals surface area contributed by atoms with E-state index >= 15 is 0 Å². The Kier molecular flexibility index (Phi) is 3.81. The summed E-state index contributed by atoms with van der Waals surface area (Å²) in [6.45, 7) is 3.21. The van der Waals surface area contributed by atoms with E-state index in [4.69, 9.17) is 15.3 Å². The first-order valence-electron chi connectivity index (χ1n) is 6.50. The number of benzene rings is 1. The molecule has 0 spiro atoms. The Balaban J connectivity index is 1.97. The van der Waals surface area contributed by atoms with Crippen LogP contribution in [0.15, 0.2) is 18.2 Å². The van der Waals surface area contributed by atoms with Gasteiger partial charge in [-0.15, -0.1) is 5.10 Å². The summed E-state index contributed by atoms with van der Waals surface area (Å²) < 4.78 is 15.2. The summed E-state index contributed by atoms with van der Waals surface area (Å²) in [5.74, 6) is 7.25. The van der Waals surface area contributed by atoms with Crippen molar-refractivity contribution in [3.05, 3.63) is 34.3 Å². The zero-order valence-corrected chi connectivity index (χ0v) is 11.9. The van der Waals surface area contributed by atoms with Crippen LogP contribution in [0.5, 0.6) is 11.5 Å². The first kappa shape index (κ1) is 13.3. The minimum Gasteiger partial charge on any atom is -0.486 e. The number of aromatic nitrogens is 2. The minimum absolute atomic E-state index is 0.138. The maximum absolute atomic E-state index is 5.72. The summed E-state index contributed by atoms with van der Waals surface area (Å²) in [5.41, 5.74) is 4.81. The van der Waals surface area contributed by atoms with Crippen molar-refractivity contribution in [2.45, 2.75) is 19.4 Å². The van der Waals surface area contributed by atoms with E-state index in [0.29, 0.717) is 13.2 Å². The third-order valence-electron chi connectivity index (χ3n) is 3.25. The van der Waals surface area contributed by atoms with Crippen molar-refractivity contribution in [3.8, 4) is 11.5 Å². The fourth-order valence-corrected chi connectivity index (χ4v) is 3.07. The van der Waals surface area contributed by atoms with E-state index in [1.54, 1.807) is 0 Å². The highest BCUT2D eigenvalue weighted by molar-refractivity contribution is 7.05. The number of aryl methyl sites for hydroxylation is 1. The van der Waals surface area contributed by atoms with Crippen LogP contribution in [0.25, 0.3) is 0 Å². The molecule has 7 heteroatoms. The van der Waals surface area contributed by atoms with E-state index in [1.165, 1.54) is 11.5 Å². The predicted octanol–water partition coefficient (Wildman–Crippen LogP) is 1.42. The summed E-state index contributed by atoms with van der Waals surface area (Å²) in [4.78, 5) is 1.03. The number of rotatable bonds is 4. The summed E-state index contributed by atoms with van der Waals surface area (Å²) in [7, 11) is 0. The van der Waals surface area contributed by atoms with Crippen LogP contribution in [0.3, 0.4) is 0 Å². The molecule has 1 aromatic heterocycles. The summed E-state index contributed by atoms with van der Waals surface area (Å²) in [6, 6.07) is 5.71. The quantitative estimate of drug-likeness (QED) is 0.655. The van der Waals surface area contributed by atoms with E-state index < -0.39 is 0 Å². The number of hydrogen-bond donors (Lipinski definition) is 2. The fraction of sp³-hybridized carbons (Fsp3) is 0.385. The van der Waals surface area contributed by atoms with Gasteiger partial charge in [0.05, 0.1) is 16.6 Å². The highest BCUT2D eigenvalue weighted by atomic mass is 32.1. The molecule has 0 aliphatic carbocycles. The van der Waals surface area contributed by atoms with Gasteiger partial charge in [-0.05, 0) is 35.6 Å². The lowest BCUT2D eigenvalue weighted by Crippen LogP contribution is -2.29. The monoisotopic (exact) mass is 292 g/mol. The predicted molar refractivity (Wildman–Crippen MR) is 75.9 cm³/mol. The van der Waals surface area contributed by atoms with Gasteiger partial charge in [-0.25, -0.2) is 5.43 Å². The molecule has 1 aliphatic rings.